The fraction of sp³-hybridized carbons (Fsp3) is 0.462. The number of terminal acetylenes is 1. The van der Waals surface area contributed by atoms with E-state index in [1.54, 1.807) is 0 Å². The van der Waals surface area contributed by atoms with E-state index in [0.29, 0.717) is 0 Å². The summed E-state index contributed by atoms with van der Waals surface area (Å²) in [6.07, 6.45) is 3.91. The van der Waals surface area contributed by atoms with Gasteiger partial charge in [0.15, 0.2) is 29.6 Å². The van der Waals surface area contributed by atoms with Crippen molar-refractivity contribution in [2.24, 2.45) is 4.99 Å². The summed E-state index contributed by atoms with van der Waals surface area (Å²) in [5, 5.41) is 29.4. The first-order chi connectivity index (χ1) is 10.4. The van der Waals surface area contributed by atoms with Crippen LogP contribution in [0.3, 0.4) is 0 Å². The average molecular weight is 309 g/mol. The maximum atomic E-state index is 14.4. The molecule has 116 valence electrons. The molecule has 1 aromatic rings. The third-order valence-corrected chi connectivity index (χ3v) is 3.73. The first-order valence-electron chi connectivity index (χ1n) is 6.35. The molecule has 0 spiro atoms. The van der Waals surface area contributed by atoms with Crippen LogP contribution in [-0.2, 0) is 4.74 Å². The van der Waals surface area contributed by atoms with Gasteiger partial charge in [0.25, 0.3) is 5.85 Å². The number of nitrogens with zero attached hydrogens (tertiary/aromatic N) is 3. The van der Waals surface area contributed by atoms with Gasteiger partial charge in [-0.05, 0) is 0 Å². The second-order valence-electron chi connectivity index (χ2n) is 5.05. The van der Waals surface area contributed by atoms with Crippen molar-refractivity contribution in [3.63, 3.8) is 0 Å². The standard InChI is InChI=1S/C13H12FN3O5/c1-2-12(21)10(20)13(14,5-18)22-11(12)17-6-16-8-7(19)3-4-15-9(8)17/h1,4,6,10-11,18,20-21H,3,5H2/t10-,11+,12+,13+/m0/s1. The second-order valence-corrected chi connectivity index (χ2v) is 5.05. The van der Waals surface area contributed by atoms with Crippen LogP contribution in [0.4, 0.5) is 10.2 Å². The van der Waals surface area contributed by atoms with E-state index >= 15 is 0 Å². The van der Waals surface area contributed by atoms with Crippen molar-refractivity contribution >= 4 is 17.8 Å². The van der Waals surface area contributed by atoms with Crippen molar-refractivity contribution in [3.05, 3.63) is 12.0 Å². The fourth-order valence-electron chi connectivity index (χ4n) is 2.51. The van der Waals surface area contributed by atoms with Gasteiger partial charge >= 0.3 is 0 Å². The summed E-state index contributed by atoms with van der Waals surface area (Å²) in [4.78, 5) is 19.5. The molecular formula is C13H12FN3O5. The minimum atomic E-state index is -2.95. The SMILES string of the molecule is C#C[C@]1(O)[C@H](n2cnc3c2N=CCC3=O)O[C@](F)(CO)[C@H]1O. The molecule has 0 aromatic carbocycles. The maximum Gasteiger partial charge on any atom is 0.264 e. The smallest absolute Gasteiger partial charge is 0.264 e. The summed E-state index contributed by atoms with van der Waals surface area (Å²) < 4.78 is 20.4. The number of halogens is 1. The first-order valence-corrected chi connectivity index (χ1v) is 6.35. The highest BCUT2D eigenvalue weighted by Gasteiger charge is 2.65. The molecule has 9 heteroatoms. The third kappa shape index (κ3) is 1.75. The van der Waals surface area contributed by atoms with Crippen molar-refractivity contribution in [1.29, 1.82) is 0 Å². The zero-order chi connectivity index (χ0) is 16.1. The average Bonchev–Trinajstić information content (AvgIpc) is 3.03. The Morgan fingerprint density at radius 1 is 1.64 bits per heavy atom. The lowest BCUT2D eigenvalue weighted by Crippen LogP contribution is -2.49. The number of aliphatic imine (C=N–C) groups is 1. The van der Waals surface area contributed by atoms with Gasteiger partial charge in [0.1, 0.15) is 6.61 Å². The highest BCUT2D eigenvalue weighted by Crippen LogP contribution is 2.46. The maximum absolute atomic E-state index is 14.4. The molecule has 4 atom stereocenters. The van der Waals surface area contributed by atoms with Crippen LogP contribution in [0.2, 0.25) is 0 Å². The summed E-state index contributed by atoms with van der Waals surface area (Å²) in [5.41, 5.74) is -2.44. The van der Waals surface area contributed by atoms with Gasteiger partial charge in [0.05, 0.1) is 6.33 Å². The van der Waals surface area contributed by atoms with E-state index in [1.165, 1.54) is 6.21 Å². The van der Waals surface area contributed by atoms with E-state index < -0.39 is 30.4 Å². The van der Waals surface area contributed by atoms with Gasteiger partial charge < -0.3 is 20.1 Å². The molecule has 0 amide bonds. The number of rotatable bonds is 2. The lowest BCUT2D eigenvalue weighted by atomic mass is 9.94. The van der Waals surface area contributed by atoms with Crippen LogP contribution in [-0.4, -0.2) is 61.0 Å². The van der Waals surface area contributed by atoms with E-state index in [2.05, 4.69) is 9.98 Å². The molecule has 3 N–H and O–H groups in total. The summed E-state index contributed by atoms with van der Waals surface area (Å²) >= 11 is 0. The Morgan fingerprint density at radius 2 is 2.36 bits per heavy atom. The van der Waals surface area contributed by atoms with Gasteiger partial charge in [-0.25, -0.2) is 14.4 Å². The number of ketones is 1. The molecule has 1 aromatic heterocycles. The number of hydrogen-bond donors (Lipinski definition) is 3. The van der Waals surface area contributed by atoms with Crippen LogP contribution in [0, 0.1) is 12.3 Å². The molecule has 0 radical (unpaired) electrons. The van der Waals surface area contributed by atoms with Crippen LogP contribution in [0.15, 0.2) is 11.3 Å². The second kappa shape index (κ2) is 4.69. The monoisotopic (exact) mass is 309 g/mol. The molecule has 1 saturated heterocycles. The van der Waals surface area contributed by atoms with Crippen LogP contribution in [0.25, 0.3) is 0 Å². The molecule has 0 saturated carbocycles. The highest BCUT2D eigenvalue weighted by atomic mass is 19.2. The highest BCUT2D eigenvalue weighted by molar-refractivity contribution is 6.08. The number of hydrogen-bond acceptors (Lipinski definition) is 7. The summed E-state index contributed by atoms with van der Waals surface area (Å²) in [5.74, 6) is -1.35. The molecule has 0 aliphatic carbocycles. The Kier molecular flexibility index (Phi) is 3.15. The van der Waals surface area contributed by atoms with E-state index in [4.69, 9.17) is 16.3 Å². The van der Waals surface area contributed by atoms with Crippen molar-refractivity contribution in [2.75, 3.05) is 6.61 Å². The Labute approximate surface area is 123 Å². The number of alkyl halides is 1. The van der Waals surface area contributed by atoms with Gasteiger partial charge in [0.2, 0.25) is 5.60 Å². The lowest BCUT2D eigenvalue weighted by molar-refractivity contribution is -0.206. The predicted octanol–water partition coefficient (Wildman–Crippen LogP) is -0.916. The number of ether oxygens (including phenoxy) is 1. The minimum absolute atomic E-state index is 0.0281. The number of fused-ring (bicyclic) bond motifs is 1. The quantitative estimate of drug-likeness (QED) is 0.609. The molecule has 8 nitrogen and oxygen atoms in total. The summed E-state index contributed by atoms with van der Waals surface area (Å²) in [6, 6.07) is 0. The van der Waals surface area contributed by atoms with Gasteiger partial charge in [0, 0.05) is 12.6 Å². The Bertz CT molecular complexity index is 711. The number of aliphatic hydroxyl groups is 3. The third-order valence-electron chi connectivity index (χ3n) is 3.73. The summed E-state index contributed by atoms with van der Waals surface area (Å²) in [7, 11) is 0. The Morgan fingerprint density at radius 3 is 3.00 bits per heavy atom. The topological polar surface area (TPSA) is 117 Å². The molecule has 2 aliphatic rings. The largest absolute Gasteiger partial charge is 0.390 e. The van der Waals surface area contributed by atoms with Crippen LogP contribution >= 0.6 is 0 Å². The molecule has 3 rings (SSSR count). The lowest BCUT2D eigenvalue weighted by Gasteiger charge is -2.26. The van der Waals surface area contributed by atoms with Crippen molar-refractivity contribution in [1.82, 2.24) is 9.55 Å². The molecule has 22 heavy (non-hydrogen) atoms. The Balaban J connectivity index is 2.12. The van der Waals surface area contributed by atoms with Gasteiger partial charge in [-0.15, -0.1) is 6.42 Å². The fourth-order valence-corrected chi connectivity index (χ4v) is 2.51. The first kappa shape index (κ1) is 14.8. The van der Waals surface area contributed by atoms with E-state index in [-0.39, 0.29) is 23.7 Å². The number of carbonyl (C=O) groups excluding carboxylic acids is 1. The zero-order valence-electron chi connectivity index (χ0n) is 11.2. The summed E-state index contributed by atoms with van der Waals surface area (Å²) in [6.45, 7) is -1.21. The van der Waals surface area contributed by atoms with Crippen LogP contribution < -0.4 is 0 Å². The zero-order valence-corrected chi connectivity index (χ0v) is 11.2. The molecule has 3 heterocycles. The molecular weight excluding hydrogens is 297 g/mol. The number of aliphatic hydroxyl groups excluding tert-OH is 2. The number of aromatic nitrogens is 2. The van der Waals surface area contributed by atoms with Gasteiger partial charge in [-0.1, -0.05) is 5.92 Å². The van der Waals surface area contributed by atoms with Crippen molar-refractivity contribution < 1.29 is 29.2 Å². The number of carbonyl (C=O) groups is 1. The number of Topliss-reactive ketones (excluding diaryl/α,β-unsaturated/α-hetero) is 1. The Hall–Kier alpha value is -2.12. The normalized spacial score (nSPS) is 37.1. The van der Waals surface area contributed by atoms with Crippen LogP contribution in [0.1, 0.15) is 23.1 Å². The predicted molar refractivity (Wildman–Crippen MR) is 70.2 cm³/mol. The van der Waals surface area contributed by atoms with Crippen LogP contribution in [0.5, 0.6) is 0 Å². The van der Waals surface area contributed by atoms with Crippen molar-refractivity contribution in [3.8, 4) is 12.3 Å². The molecule has 0 unspecified atom stereocenters. The van der Waals surface area contributed by atoms with Gasteiger partial charge in [-0.2, -0.15) is 0 Å². The van der Waals surface area contributed by atoms with Crippen molar-refractivity contribution in [2.45, 2.75) is 30.2 Å². The molecule has 2 aliphatic heterocycles. The van der Waals surface area contributed by atoms with E-state index in [1.807, 2.05) is 5.92 Å². The van der Waals surface area contributed by atoms with E-state index in [0.717, 1.165) is 10.9 Å². The minimum Gasteiger partial charge on any atom is -0.390 e. The number of imidazole rings is 1. The van der Waals surface area contributed by atoms with E-state index in [9.17, 15) is 19.4 Å². The molecule has 0 bridgehead atoms. The molecule has 1 fully saturated rings. The van der Waals surface area contributed by atoms with Gasteiger partial charge in [-0.3, -0.25) is 9.36 Å².